The van der Waals surface area contributed by atoms with Crippen LogP contribution in [0.4, 0.5) is 0 Å². The number of rotatable bonds is 11. The second kappa shape index (κ2) is 12.3. The lowest BCUT2D eigenvalue weighted by Gasteiger charge is -2.39. The van der Waals surface area contributed by atoms with Crippen molar-refractivity contribution in [3.63, 3.8) is 0 Å². The highest BCUT2D eigenvalue weighted by Gasteiger charge is 2.37. The number of hydrogen-bond donors (Lipinski definition) is 0. The van der Waals surface area contributed by atoms with E-state index >= 15 is 0 Å². The Bertz CT molecular complexity index is 1110. The van der Waals surface area contributed by atoms with Crippen molar-refractivity contribution < 1.29 is 14.1 Å². The minimum atomic E-state index is -0.299. The Labute approximate surface area is 224 Å². The third-order valence-corrected chi connectivity index (χ3v) is 7.53. The average molecular weight is 507 g/mol. The molecule has 0 bridgehead atoms. The normalized spacial score (nSPS) is 20.1. The molecule has 0 amide bonds. The molecule has 5 nitrogen and oxygen atoms in total. The van der Waals surface area contributed by atoms with Crippen molar-refractivity contribution in [2.75, 3.05) is 55.5 Å². The molecule has 0 aliphatic heterocycles. The Morgan fingerprint density at radius 2 is 1.57 bits per heavy atom. The molecule has 0 heterocycles. The van der Waals surface area contributed by atoms with Gasteiger partial charge in [-0.15, -0.1) is 0 Å². The van der Waals surface area contributed by atoms with E-state index in [-0.39, 0.29) is 22.4 Å². The van der Waals surface area contributed by atoms with Gasteiger partial charge in [0.1, 0.15) is 11.5 Å². The zero-order valence-electron chi connectivity index (χ0n) is 24.1. The predicted octanol–water partition coefficient (Wildman–Crippen LogP) is 6.33. The highest BCUT2D eigenvalue weighted by atomic mass is 16.5. The Morgan fingerprint density at radius 3 is 2.11 bits per heavy atom. The van der Waals surface area contributed by atoms with Gasteiger partial charge in [-0.05, 0) is 81.4 Å². The van der Waals surface area contributed by atoms with Gasteiger partial charge in [-0.25, -0.2) is 0 Å². The van der Waals surface area contributed by atoms with Crippen LogP contribution in [0.5, 0.6) is 11.5 Å². The molecule has 0 fully saturated rings. The van der Waals surface area contributed by atoms with Gasteiger partial charge in [0.05, 0.1) is 34.9 Å². The Kier molecular flexibility index (Phi) is 9.63. The molecule has 2 aromatic rings. The number of likely N-dealkylation sites (N-methyl/N-ethyl adjacent to an activating group) is 2. The van der Waals surface area contributed by atoms with Gasteiger partial charge in [-0.2, -0.15) is 0 Å². The SMILES string of the molecule is C=C(C)[C@H]1C(c2cc(CC[N+](C)(C)[O-])ccc2OC)CC(C)=C[C@H]1c1cc(CCN(C)C)ccc1OC. The van der Waals surface area contributed by atoms with E-state index in [0.29, 0.717) is 6.54 Å². The van der Waals surface area contributed by atoms with Crippen LogP contribution in [-0.2, 0) is 12.8 Å². The molecule has 1 aliphatic carbocycles. The van der Waals surface area contributed by atoms with Crippen molar-refractivity contribution in [1.29, 1.82) is 0 Å². The lowest BCUT2D eigenvalue weighted by Crippen LogP contribution is -2.34. The lowest BCUT2D eigenvalue weighted by atomic mass is 9.65. The molecular formula is C32H46N2O3. The van der Waals surface area contributed by atoms with Gasteiger partial charge in [0.25, 0.3) is 0 Å². The zero-order chi connectivity index (χ0) is 27.3. The van der Waals surface area contributed by atoms with Gasteiger partial charge < -0.3 is 24.2 Å². The molecule has 3 atom stereocenters. The van der Waals surface area contributed by atoms with E-state index in [1.807, 2.05) is 0 Å². The molecule has 1 aliphatic rings. The van der Waals surface area contributed by atoms with Crippen LogP contribution >= 0.6 is 0 Å². The standard InChI is InChI=1S/C32H46N2O3/c1-22(2)32-28(26-20-24(14-16-33(4)5)10-12-30(26)36-8)18-23(3)19-29(32)27-21-25(11-13-31(27)37-9)15-17-34(6,7)35/h10-13,18,20-21,28-29,32H,1,14-17,19H2,2-9H3/t28-,29?,32+/m0/s1. The van der Waals surface area contributed by atoms with Crippen LogP contribution in [0.1, 0.15) is 54.4 Å². The second-order valence-electron chi connectivity index (χ2n) is 11.5. The molecule has 3 rings (SSSR count). The first-order valence-corrected chi connectivity index (χ1v) is 13.3. The van der Waals surface area contributed by atoms with E-state index < -0.39 is 0 Å². The Balaban J connectivity index is 2.08. The molecule has 0 saturated carbocycles. The van der Waals surface area contributed by atoms with E-state index in [9.17, 15) is 5.21 Å². The summed E-state index contributed by atoms with van der Waals surface area (Å²) in [6.45, 7) is 10.4. The van der Waals surface area contributed by atoms with Gasteiger partial charge in [0.15, 0.2) is 0 Å². The van der Waals surface area contributed by atoms with Crippen molar-refractivity contribution in [1.82, 2.24) is 4.90 Å². The quantitative estimate of drug-likeness (QED) is 0.203. The first-order valence-electron chi connectivity index (χ1n) is 13.3. The van der Waals surface area contributed by atoms with Gasteiger partial charge in [-0.1, -0.05) is 48.1 Å². The fourth-order valence-electron chi connectivity index (χ4n) is 5.62. The molecular weight excluding hydrogens is 460 g/mol. The van der Waals surface area contributed by atoms with Crippen LogP contribution in [0.15, 0.2) is 60.2 Å². The summed E-state index contributed by atoms with van der Waals surface area (Å²) < 4.78 is 11.5. The maximum absolute atomic E-state index is 12.2. The minimum Gasteiger partial charge on any atom is -0.633 e. The summed E-state index contributed by atoms with van der Waals surface area (Å²) in [5, 5.41) is 12.2. The van der Waals surface area contributed by atoms with Crippen LogP contribution in [0.3, 0.4) is 0 Å². The van der Waals surface area contributed by atoms with E-state index in [1.165, 1.54) is 27.8 Å². The largest absolute Gasteiger partial charge is 0.633 e. The minimum absolute atomic E-state index is 0.149. The molecule has 1 unspecified atom stereocenters. The van der Waals surface area contributed by atoms with Crippen molar-refractivity contribution >= 4 is 0 Å². The number of quaternary nitrogens is 1. The maximum atomic E-state index is 12.2. The molecule has 0 aromatic heterocycles. The number of allylic oxidation sites excluding steroid dienone is 3. The van der Waals surface area contributed by atoms with Crippen LogP contribution in [0.2, 0.25) is 0 Å². The summed E-state index contributed by atoms with van der Waals surface area (Å²) in [6, 6.07) is 13.0. The monoisotopic (exact) mass is 506 g/mol. The van der Waals surface area contributed by atoms with Crippen LogP contribution in [0, 0.1) is 11.1 Å². The number of hydrogen-bond acceptors (Lipinski definition) is 4. The fourth-order valence-corrected chi connectivity index (χ4v) is 5.62. The van der Waals surface area contributed by atoms with E-state index in [0.717, 1.165) is 42.9 Å². The first kappa shape index (κ1) is 29.0. The molecule has 0 saturated heterocycles. The summed E-state index contributed by atoms with van der Waals surface area (Å²) in [7, 11) is 11.1. The van der Waals surface area contributed by atoms with E-state index in [4.69, 9.17) is 9.47 Å². The van der Waals surface area contributed by atoms with Crippen LogP contribution in [0.25, 0.3) is 0 Å². The van der Waals surface area contributed by atoms with Gasteiger partial charge in [-0.3, -0.25) is 0 Å². The number of benzene rings is 2. The lowest BCUT2D eigenvalue weighted by molar-refractivity contribution is -0.839. The van der Waals surface area contributed by atoms with Gasteiger partial charge in [0, 0.05) is 24.4 Å². The molecule has 202 valence electrons. The van der Waals surface area contributed by atoms with Crippen LogP contribution < -0.4 is 9.47 Å². The van der Waals surface area contributed by atoms with E-state index in [2.05, 4.69) is 81.9 Å². The van der Waals surface area contributed by atoms with Gasteiger partial charge >= 0.3 is 0 Å². The summed E-state index contributed by atoms with van der Waals surface area (Å²) in [5.74, 6) is 2.38. The van der Waals surface area contributed by atoms with Crippen molar-refractivity contribution in [3.8, 4) is 11.5 Å². The molecule has 0 radical (unpaired) electrons. The molecule has 37 heavy (non-hydrogen) atoms. The smallest absolute Gasteiger partial charge is 0.122 e. The van der Waals surface area contributed by atoms with Crippen molar-refractivity contribution in [3.05, 3.63) is 87.7 Å². The highest BCUT2D eigenvalue weighted by molar-refractivity contribution is 5.48. The summed E-state index contributed by atoms with van der Waals surface area (Å²) in [5.41, 5.74) is 7.42. The number of nitrogens with zero attached hydrogens (tertiary/aromatic N) is 2. The highest BCUT2D eigenvalue weighted by Crippen LogP contribution is 2.51. The third kappa shape index (κ3) is 7.47. The Hall–Kier alpha value is -2.60. The van der Waals surface area contributed by atoms with Crippen molar-refractivity contribution in [2.45, 2.75) is 44.9 Å². The van der Waals surface area contributed by atoms with Gasteiger partial charge in [0.2, 0.25) is 0 Å². The summed E-state index contributed by atoms with van der Waals surface area (Å²) in [4.78, 5) is 2.22. The Morgan fingerprint density at radius 1 is 1.00 bits per heavy atom. The summed E-state index contributed by atoms with van der Waals surface area (Å²) in [6.07, 6.45) is 5.08. The summed E-state index contributed by atoms with van der Waals surface area (Å²) >= 11 is 0. The average Bonchev–Trinajstić information content (AvgIpc) is 2.84. The maximum Gasteiger partial charge on any atom is 0.122 e. The predicted molar refractivity (Wildman–Crippen MR) is 154 cm³/mol. The molecule has 0 spiro atoms. The topological polar surface area (TPSA) is 44.8 Å². The second-order valence-corrected chi connectivity index (χ2v) is 11.5. The number of hydroxylamine groups is 3. The molecule has 2 aromatic carbocycles. The fraction of sp³-hybridized carbons (Fsp3) is 0.500. The van der Waals surface area contributed by atoms with E-state index in [1.54, 1.807) is 28.3 Å². The number of ether oxygens (including phenoxy) is 2. The first-order chi connectivity index (χ1) is 17.4. The zero-order valence-corrected chi connectivity index (χ0v) is 24.1. The van der Waals surface area contributed by atoms with Crippen molar-refractivity contribution in [2.24, 2.45) is 5.92 Å². The molecule has 0 N–H and O–H groups in total. The number of methoxy groups -OCH3 is 2. The molecule has 5 heteroatoms. The van der Waals surface area contributed by atoms with Crippen LogP contribution in [-0.4, -0.2) is 65.0 Å². The third-order valence-electron chi connectivity index (χ3n) is 7.53.